The second-order valence-electron chi connectivity index (χ2n) is 5.28. The van der Waals surface area contributed by atoms with E-state index in [0.717, 1.165) is 5.69 Å². The fourth-order valence-electron chi connectivity index (χ4n) is 2.89. The highest BCUT2D eigenvalue weighted by Crippen LogP contribution is 2.35. The molecule has 1 aliphatic heterocycles. The quantitative estimate of drug-likeness (QED) is 0.681. The van der Waals surface area contributed by atoms with Crippen molar-refractivity contribution in [1.82, 2.24) is 9.55 Å². The summed E-state index contributed by atoms with van der Waals surface area (Å²) in [7, 11) is 1.32. The molecular weight excluding hydrogens is 309 g/mol. The first kappa shape index (κ1) is 14.8. The number of carbonyl (C=O) groups is 1. The molecule has 5 nitrogen and oxygen atoms in total. The predicted octanol–water partition coefficient (Wildman–Crippen LogP) is 2.77. The number of nitrogen functional groups attached to an aromatic ring is 1. The van der Waals surface area contributed by atoms with Crippen molar-refractivity contribution in [2.45, 2.75) is 25.3 Å². The lowest BCUT2D eigenvalue weighted by Gasteiger charge is -2.25. The molecule has 0 saturated heterocycles. The van der Waals surface area contributed by atoms with Gasteiger partial charge in [0.15, 0.2) is 11.5 Å². The summed E-state index contributed by atoms with van der Waals surface area (Å²) in [5, 5.41) is 0.216. The van der Waals surface area contributed by atoms with Crippen molar-refractivity contribution in [3.8, 4) is 0 Å². The van der Waals surface area contributed by atoms with Crippen LogP contribution in [-0.2, 0) is 17.7 Å². The average molecular weight is 324 g/mol. The maximum Gasteiger partial charge on any atom is 0.358 e. The van der Waals surface area contributed by atoms with E-state index in [1.54, 1.807) is 18.5 Å². The molecule has 0 aliphatic carbocycles. The Bertz CT molecular complexity index is 745. The van der Waals surface area contributed by atoms with E-state index in [1.165, 1.54) is 7.11 Å². The minimum Gasteiger partial charge on any atom is -0.464 e. The van der Waals surface area contributed by atoms with Gasteiger partial charge in [0.05, 0.1) is 29.8 Å². The molecule has 116 valence electrons. The lowest BCUT2D eigenvalue weighted by Crippen LogP contribution is -2.21. The van der Waals surface area contributed by atoms with Gasteiger partial charge in [0.2, 0.25) is 0 Å². The fraction of sp³-hybridized carbons (Fsp3) is 0.333. The Labute approximate surface area is 131 Å². The van der Waals surface area contributed by atoms with Crippen LogP contribution in [-0.4, -0.2) is 22.6 Å². The van der Waals surface area contributed by atoms with Gasteiger partial charge in [0, 0.05) is 12.5 Å². The van der Waals surface area contributed by atoms with E-state index in [9.17, 15) is 9.18 Å². The minimum absolute atomic E-state index is 0.0224. The third-order valence-corrected chi connectivity index (χ3v) is 4.40. The number of benzene rings is 1. The third kappa shape index (κ3) is 2.33. The first-order valence-electron chi connectivity index (χ1n) is 6.88. The van der Waals surface area contributed by atoms with Crippen molar-refractivity contribution < 1.29 is 13.9 Å². The number of fused-ring (bicyclic) bond motifs is 1. The van der Waals surface area contributed by atoms with Gasteiger partial charge in [-0.15, -0.1) is 0 Å². The normalized spacial score (nSPS) is 17.1. The standard InChI is InChI=1S/C15H15ClFN3O2/c1-22-15(21)14-11-5-2-8(6-20(11)7-19-14)9-3-4-10(16)13(18)12(9)17/h3-4,7-8H,2,5-6,18H2,1H3. The molecule has 1 atom stereocenters. The van der Waals surface area contributed by atoms with Crippen molar-refractivity contribution >= 4 is 23.3 Å². The molecule has 7 heteroatoms. The summed E-state index contributed by atoms with van der Waals surface area (Å²) >= 11 is 5.83. The van der Waals surface area contributed by atoms with Crippen LogP contribution < -0.4 is 5.73 Å². The number of anilines is 1. The predicted molar refractivity (Wildman–Crippen MR) is 80.5 cm³/mol. The van der Waals surface area contributed by atoms with Gasteiger partial charge in [-0.1, -0.05) is 17.7 Å². The van der Waals surface area contributed by atoms with E-state index in [1.807, 2.05) is 4.57 Å². The van der Waals surface area contributed by atoms with Crippen LogP contribution in [0.5, 0.6) is 0 Å². The van der Waals surface area contributed by atoms with E-state index >= 15 is 0 Å². The second-order valence-corrected chi connectivity index (χ2v) is 5.69. The van der Waals surface area contributed by atoms with Crippen LogP contribution >= 0.6 is 11.6 Å². The molecule has 3 rings (SSSR count). The van der Waals surface area contributed by atoms with E-state index in [-0.39, 0.29) is 16.6 Å². The van der Waals surface area contributed by atoms with Gasteiger partial charge in [-0.25, -0.2) is 14.2 Å². The van der Waals surface area contributed by atoms with Gasteiger partial charge in [-0.05, 0) is 24.5 Å². The summed E-state index contributed by atoms with van der Waals surface area (Å²) in [6.07, 6.45) is 2.91. The van der Waals surface area contributed by atoms with Crippen LogP contribution in [0.1, 0.15) is 34.1 Å². The van der Waals surface area contributed by atoms with Crippen molar-refractivity contribution in [2.24, 2.45) is 0 Å². The molecule has 1 unspecified atom stereocenters. The number of hydrogen-bond acceptors (Lipinski definition) is 4. The molecule has 2 aromatic rings. The molecule has 0 bridgehead atoms. The molecule has 2 heterocycles. The van der Waals surface area contributed by atoms with Crippen LogP contribution in [0.2, 0.25) is 5.02 Å². The minimum atomic E-state index is -0.464. The zero-order valence-corrected chi connectivity index (χ0v) is 12.7. The number of methoxy groups -OCH3 is 1. The van der Waals surface area contributed by atoms with Gasteiger partial charge in [-0.3, -0.25) is 0 Å². The Hall–Kier alpha value is -2.08. The van der Waals surface area contributed by atoms with Crippen molar-refractivity contribution in [3.05, 3.63) is 46.3 Å². The number of carbonyl (C=O) groups excluding carboxylic acids is 1. The molecular formula is C15H15ClFN3O2. The Morgan fingerprint density at radius 1 is 1.55 bits per heavy atom. The topological polar surface area (TPSA) is 70.1 Å². The number of aromatic nitrogens is 2. The zero-order chi connectivity index (χ0) is 15.9. The van der Waals surface area contributed by atoms with Crippen LogP contribution in [0.15, 0.2) is 18.5 Å². The van der Waals surface area contributed by atoms with Gasteiger partial charge < -0.3 is 15.0 Å². The second kappa shape index (κ2) is 5.61. The van der Waals surface area contributed by atoms with Crippen molar-refractivity contribution in [2.75, 3.05) is 12.8 Å². The number of esters is 1. The lowest BCUT2D eigenvalue weighted by molar-refractivity contribution is 0.0592. The number of rotatable bonds is 2. The van der Waals surface area contributed by atoms with Gasteiger partial charge in [0.1, 0.15) is 0 Å². The summed E-state index contributed by atoms with van der Waals surface area (Å²) in [6, 6.07) is 3.28. The van der Waals surface area contributed by atoms with Crippen molar-refractivity contribution in [1.29, 1.82) is 0 Å². The molecule has 1 aromatic heterocycles. The van der Waals surface area contributed by atoms with Crippen LogP contribution in [0.4, 0.5) is 10.1 Å². The van der Waals surface area contributed by atoms with E-state index in [4.69, 9.17) is 22.1 Å². The summed E-state index contributed by atoms with van der Waals surface area (Å²) < 4.78 is 20.9. The van der Waals surface area contributed by atoms with Gasteiger partial charge >= 0.3 is 5.97 Å². The molecule has 0 spiro atoms. The molecule has 22 heavy (non-hydrogen) atoms. The SMILES string of the molecule is COC(=O)c1ncn2c1CCC(c1ccc(Cl)c(N)c1F)C2. The highest BCUT2D eigenvalue weighted by Gasteiger charge is 2.28. The average Bonchev–Trinajstić information content (AvgIpc) is 2.95. The first-order chi connectivity index (χ1) is 10.5. The molecule has 0 saturated carbocycles. The van der Waals surface area contributed by atoms with E-state index in [0.29, 0.717) is 30.6 Å². The molecule has 0 fully saturated rings. The van der Waals surface area contributed by atoms with Crippen molar-refractivity contribution in [3.63, 3.8) is 0 Å². The number of hydrogen-bond donors (Lipinski definition) is 1. The monoisotopic (exact) mass is 323 g/mol. The summed E-state index contributed by atoms with van der Waals surface area (Å²) in [4.78, 5) is 15.7. The van der Waals surface area contributed by atoms with Gasteiger partial charge in [0.25, 0.3) is 0 Å². The summed E-state index contributed by atoms with van der Waals surface area (Å²) in [5.41, 5.74) is 7.33. The number of nitrogens with zero attached hydrogens (tertiary/aromatic N) is 2. The van der Waals surface area contributed by atoms with Crippen LogP contribution in [0, 0.1) is 5.82 Å². The Morgan fingerprint density at radius 3 is 3.05 bits per heavy atom. The highest BCUT2D eigenvalue weighted by molar-refractivity contribution is 6.33. The first-order valence-corrected chi connectivity index (χ1v) is 7.26. The van der Waals surface area contributed by atoms with Crippen LogP contribution in [0.3, 0.4) is 0 Å². The summed E-state index contributed by atoms with van der Waals surface area (Å²) in [6.45, 7) is 0.539. The van der Waals surface area contributed by atoms with Gasteiger partial charge in [-0.2, -0.15) is 0 Å². The smallest absolute Gasteiger partial charge is 0.358 e. The Balaban J connectivity index is 1.91. The number of imidazole rings is 1. The maximum atomic E-state index is 14.3. The molecule has 0 radical (unpaired) electrons. The third-order valence-electron chi connectivity index (χ3n) is 4.07. The number of ether oxygens (including phenoxy) is 1. The molecule has 2 N–H and O–H groups in total. The molecule has 1 aromatic carbocycles. The van der Waals surface area contributed by atoms with Crippen LogP contribution in [0.25, 0.3) is 0 Å². The Morgan fingerprint density at radius 2 is 2.32 bits per heavy atom. The number of halogens is 2. The zero-order valence-electron chi connectivity index (χ0n) is 12.0. The highest BCUT2D eigenvalue weighted by atomic mass is 35.5. The lowest BCUT2D eigenvalue weighted by atomic mass is 9.89. The summed E-state index contributed by atoms with van der Waals surface area (Å²) in [5.74, 6) is -0.949. The molecule has 1 aliphatic rings. The molecule has 0 amide bonds. The fourth-order valence-corrected chi connectivity index (χ4v) is 3.04. The number of nitrogens with two attached hydrogens (primary N) is 1. The van der Waals surface area contributed by atoms with E-state index < -0.39 is 11.8 Å². The largest absolute Gasteiger partial charge is 0.464 e. The van der Waals surface area contributed by atoms with E-state index in [2.05, 4.69) is 4.98 Å². The maximum absolute atomic E-state index is 14.3. The Kier molecular flexibility index (Phi) is 3.78.